The molecule has 0 aliphatic heterocycles. The predicted molar refractivity (Wildman–Crippen MR) is 64.0 cm³/mol. The summed E-state index contributed by atoms with van der Waals surface area (Å²) < 4.78 is 0. The van der Waals surface area contributed by atoms with Crippen molar-refractivity contribution in [1.29, 1.82) is 0 Å². The molecule has 0 saturated heterocycles. The van der Waals surface area contributed by atoms with Gasteiger partial charge in [0.2, 0.25) is 0 Å². The van der Waals surface area contributed by atoms with Gasteiger partial charge in [-0.2, -0.15) is 0 Å². The highest BCUT2D eigenvalue weighted by atomic mass is 13.9. The van der Waals surface area contributed by atoms with E-state index in [0.29, 0.717) is 5.92 Å². The predicted octanol–water partition coefficient (Wildman–Crippen LogP) is 4.97. The first-order chi connectivity index (χ1) is 6.22. The minimum Gasteiger partial charge on any atom is -0.103 e. The van der Waals surface area contributed by atoms with Crippen LogP contribution >= 0.6 is 0 Å². The van der Waals surface area contributed by atoms with Gasteiger partial charge in [0.25, 0.3) is 0 Å². The third kappa shape index (κ3) is 18.4. The van der Waals surface area contributed by atoms with E-state index < -0.39 is 0 Å². The molecule has 78 valence electrons. The average molecular weight is 182 g/mol. The van der Waals surface area contributed by atoms with Crippen molar-refractivity contribution < 1.29 is 0 Å². The molecule has 13 heavy (non-hydrogen) atoms. The Kier molecular flexibility index (Phi) is 16.2. The van der Waals surface area contributed by atoms with Crippen LogP contribution in [-0.4, -0.2) is 0 Å². The molecule has 0 aromatic carbocycles. The van der Waals surface area contributed by atoms with Crippen LogP contribution in [0.4, 0.5) is 0 Å². The largest absolute Gasteiger partial charge is 0.103 e. The Morgan fingerprint density at radius 2 is 1.77 bits per heavy atom. The van der Waals surface area contributed by atoms with E-state index in [1.807, 2.05) is 12.2 Å². The van der Waals surface area contributed by atoms with Crippen molar-refractivity contribution in [3.8, 4) is 0 Å². The van der Waals surface area contributed by atoms with Crippen molar-refractivity contribution >= 4 is 0 Å². The lowest BCUT2D eigenvalue weighted by molar-refractivity contribution is 0.700. The maximum atomic E-state index is 3.63. The molecule has 0 spiro atoms. The van der Waals surface area contributed by atoms with Crippen LogP contribution in [0.1, 0.15) is 52.9 Å². The van der Waals surface area contributed by atoms with Crippen LogP contribution in [0.2, 0.25) is 0 Å². The van der Waals surface area contributed by atoms with Crippen LogP contribution < -0.4 is 0 Å². The second-order valence-corrected chi connectivity index (χ2v) is 3.41. The second kappa shape index (κ2) is 14.0. The SMILES string of the molecule is C=CC(C)CC.C=CCCCCC. The highest BCUT2D eigenvalue weighted by Gasteiger charge is 1.84. The summed E-state index contributed by atoms with van der Waals surface area (Å²) in [5, 5.41) is 0. The molecule has 0 rings (SSSR count). The van der Waals surface area contributed by atoms with Crippen LogP contribution in [-0.2, 0) is 0 Å². The van der Waals surface area contributed by atoms with Crippen molar-refractivity contribution in [2.24, 2.45) is 5.92 Å². The van der Waals surface area contributed by atoms with E-state index in [0.717, 1.165) is 0 Å². The first kappa shape index (κ1) is 15.0. The quantitative estimate of drug-likeness (QED) is 0.402. The Balaban J connectivity index is 0. The van der Waals surface area contributed by atoms with Gasteiger partial charge in [0.1, 0.15) is 0 Å². The van der Waals surface area contributed by atoms with E-state index in [1.165, 1.54) is 32.1 Å². The van der Waals surface area contributed by atoms with Crippen molar-refractivity contribution in [3.63, 3.8) is 0 Å². The van der Waals surface area contributed by atoms with Gasteiger partial charge in [-0.3, -0.25) is 0 Å². The maximum absolute atomic E-state index is 3.63. The average Bonchev–Trinajstić information content (AvgIpc) is 2.18. The Morgan fingerprint density at radius 3 is 2.00 bits per heavy atom. The Bertz CT molecular complexity index is 103. The second-order valence-electron chi connectivity index (χ2n) is 3.41. The molecule has 1 atom stereocenters. The molecule has 0 heteroatoms. The van der Waals surface area contributed by atoms with E-state index in [9.17, 15) is 0 Å². The lowest BCUT2D eigenvalue weighted by atomic mass is 10.1. The molecule has 0 N–H and O–H groups in total. The molecule has 0 heterocycles. The summed E-state index contributed by atoms with van der Waals surface area (Å²) in [6.07, 6.45) is 10.3. The third-order valence-electron chi connectivity index (χ3n) is 2.06. The highest BCUT2D eigenvalue weighted by Crippen LogP contribution is 1.98. The fourth-order valence-electron chi connectivity index (χ4n) is 0.705. The summed E-state index contributed by atoms with van der Waals surface area (Å²) in [6, 6.07) is 0. The molecular formula is C13H26. The van der Waals surface area contributed by atoms with E-state index in [4.69, 9.17) is 0 Å². The number of rotatable bonds is 6. The summed E-state index contributed by atoms with van der Waals surface area (Å²) in [6.45, 7) is 13.8. The number of hydrogen-bond donors (Lipinski definition) is 0. The van der Waals surface area contributed by atoms with E-state index in [2.05, 4.69) is 33.9 Å². The van der Waals surface area contributed by atoms with Crippen LogP contribution in [0.15, 0.2) is 25.3 Å². The van der Waals surface area contributed by atoms with Gasteiger partial charge in [0.15, 0.2) is 0 Å². The molecule has 0 radical (unpaired) electrons. The normalized spacial score (nSPS) is 11.0. The van der Waals surface area contributed by atoms with Crippen molar-refractivity contribution in [3.05, 3.63) is 25.3 Å². The summed E-state index contributed by atoms with van der Waals surface area (Å²) in [4.78, 5) is 0. The summed E-state index contributed by atoms with van der Waals surface area (Å²) >= 11 is 0. The molecule has 0 amide bonds. The van der Waals surface area contributed by atoms with Crippen molar-refractivity contribution in [2.75, 3.05) is 0 Å². The summed E-state index contributed by atoms with van der Waals surface area (Å²) in [5.41, 5.74) is 0. The van der Waals surface area contributed by atoms with Gasteiger partial charge in [-0.15, -0.1) is 13.2 Å². The van der Waals surface area contributed by atoms with Crippen LogP contribution in [0, 0.1) is 5.92 Å². The summed E-state index contributed by atoms with van der Waals surface area (Å²) in [5.74, 6) is 0.699. The zero-order valence-electron chi connectivity index (χ0n) is 9.68. The van der Waals surface area contributed by atoms with Crippen molar-refractivity contribution in [2.45, 2.75) is 52.9 Å². The molecule has 0 aromatic rings. The summed E-state index contributed by atoms with van der Waals surface area (Å²) in [7, 11) is 0. The van der Waals surface area contributed by atoms with E-state index in [-0.39, 0.29) is 0 Å². The molecule has 1 unspecified atom stereocenters. The fraction of sp³-hybridized carbons (Fsp3) is 0.692. The topological polar surface area (TPSA) is 0 Å². The zero-order valence-corrected chi connectivity index (χ0v) is 9.68. The lowest BCUT2D eigenvalue weighted by Crippen LogP contribution is -1.80. The molecule has 0 aliphatic rings. The molecule has 0 bridgehead atoms. The molecule has 0 aliphatic carbocycles. The standard InChI is InChI=1S/C7H14.C6H12/c1-3-5-7-6-4-2;1-4-6(3)5-2/h3H,1,4-7H2,2H3;4,6H,1,5H2,2-3H3. The van der Waals surface area contributed by atoms with Gasteiger partial charge >= 0.3 is 0 Å². The minimum atomic E-state index is 0.699. The van der Waals surface area contributed by atoms with E-state index in [1.54, 1.807) is 0 Å². The van der Waals surface area contributed by atoms with Gasteiger partial charge in [-0.1, -0.05) is 52.2 Å². The van der Waals surface area contributed by atoms with Gasteiger partial charge in [0.05, 0.1) is 0 Å². The van der Waals surface area contributed by atoms with Gasteiger partial charge in [0, 0.05) is 0 Å². The van der Waals surface area contributed by atoms with Crippen LogP contribution in [0.5, 0.6) is 0 Å². The molecule has 0 fully saturated rings. The fourth-order valence-corrected chi connectivity index (χ4v) is 0.705. The Labute approximate surface area is 84.7 Å². The number of allylic oxidation sites excluding steroid dienone is 2. The highest BCUT2D eigenvalue weighted by molar-refractivity contribution is 4.72. The van der Waals surface area contributed by atoms with E-state index >= 15 is 0 Å². The van der Waals surface area contributed by atoms with Gasteiger partial charge in [-0.25, -0.2) is 0 Å². The molecular weight excluding hydrogens is 156 g/mol. The number of unbranched alkanes of at least 4 members (excludes halogenated alkanes) is 3. The smallest absolute Gasteiger partial charge is 0.0267 e. The van der Waals surface area contributed by atoms with Gasteiger partial charge < -0.3 is 0 Å². The Hall–Kier alpha value is -0.520. The first-order valence-electron chi connectivity index (χ1n) is 5.46. The monoisotopic (exact) mass is 182 g/mol. The lowest BCUT2D eigenvalue weighted by Gasteiger charge is -1.93. The van der Waals surface area contributed by atoms with Crippen LogP contribution in [0.3, 0.4) is 0 Å². The van der Waals surface area contributed by atoms with Crippen LogP contribution in [0.25, 0.3) is 0 Å². The first-order valence-corrected chi connectivity index (χ1v) is 5.46. The minimum absolute atomic E-state index is 0.699. The molecule has 0 saturated carbocycles. The van der Waals surface area contributed by atoms with Crippen molar-refractivity contribution in [1.82, 2.24) is 0 Å². The maximum Gasteiger partial charge on any atom is -0.0267 e. The Morgan fingerprint density at radius 1 is 1.15 bits per heavy atom. The number of hydrogen-bond acceptors (Lipinski definition) is 0. The van der Waals surface area contributed by atoms with Gasteiger partial charge in [-0.05, 0) is 18.8 Å². The molecule has 0 aromatic heterocycles. The zero-order chi connectivity index (χ0) is 10.5. The third-order valence-corrected chi connectivity index (χ3v) is 2.06. The molecule has 0 nitrogen and oxygen atoms in total.